The number of amides is 1. The van der Waals surface area contributed by atoms with E-state index in [1.165, 1.54) is 11.6 Å². The lowest BCUT2D eigenvalue weighted by molar-refractivity contribution is 0.0595. The van der Waals surface area contributed by atoms with Crippen molar-refractivity contribution in [3.8, 4) is 0 Å². The zero-order valence-electron chi connectivity index (χ0n) is 12.9. The molecule has 1 aromatic rings. The molecule has 4 nitrogen and oxygen atoms in total. The molecule has 1 aliphatic heterocycles. The Labute approximate surface area is 130 Å². The molecule has 1 N–H and O–H groups in total. The van der Waals surface area contributed by atoms with E-state index in [1.807, 2.05) is 17.1 Å². The second-order valence-electron chi connectivity index (χ2n) is 5.63. The summed E-state index contributed by atoms with van der Waals surface area (Å²) in [5.74, 6) is -0.153. The van der Waals surface area contributed by atoms with Gasteiger partial charge in [0.2, 0.25) is 5.56 Å². The summed E-state index contributed by atoms with van der Waals surface area (Å²) >= 11 is 0. The number of carbonyl (C=O) groups excluding carboxylic acids is 1. The van der Waals surface area contributed by atoms with Crippen LogP contribution < -0.4 is 5.56 Å². The Morgan fingerprint density at radius 1 is 1.36 bits per heavy atom. The molecule has 0 aliphatic carbocycles. The Morgan fingerprint density at radius 3 is 2.73 bits per heavy atom. The number of H-pyrrole nitrogens is 1. The SMILES string of the molecule is C=CC[C@@H]1CC(C)=C[C@@H](CC=C)N1C(=O)c1cccc(=O)[nH]1. The van der Waals surface area contributed by atoms with E-state index in [-0.39, 0.29) is 23.6 Å². The summed E-state index contributed by atoms with van der Waals surface area (Å²) < 4.78 is 0. The van der Waals surface area contributed by atoms with Crippen LogP contribution in [0.4, 0.5) is 0 Å². The fraction of sp³-hybridized carbons (Fsp3) is 0.333. The van der Waals surface area contributed by atoms with E-state index >= 15 is 0 Å². The third-order valence-electron chi connectivity index (χ3n) is 3.87. The van der Waals surface area contributed by atoms with E-state index in [2.05, 4.69) is 31.1 Å². The molecule has 0 bridgehead atoms. The first-order valence-electron chi connectivity index (χ1n) is 7.48. The molecule has 116 valence electrons. The number of nitrogens with one attached hydrogen (secondary N) is 1. The van der Waals surface area contributed by atoms with Crippen molar-refractivity contribution in [2.45, 2.75) is 38.3 Å². The highest BCUT2D eigenvalue weighted by Gasteiger charge is 2.32. The van der Waals surface area contributed by atoms with Crippen LogP contribution in [-0.4, -0.2) is 27.9 Å². The Morgan fingerprint density at radius 2 is 2.09 bits per heavy atom. The molecule has 0 aromatic carbocycles. The predicted octanol–water partition coefficient (Wildman–Crippen LogP) is 3.06. The van der Waals surface area contributed by atoms with Gasteiger partial charge in [-0.2, -0.15) is 0 Å². The maximum Gasteiger partial charge on any atom is 0.271 e. The monoisotopic (exact) mass is 298 g/mol. The zero-order valence-corrected chi connectivity index (χ0v) is 12.9. The maximum absolute atomic E-state index is 12.9. The second kappa shape index (κ2) is 7.07. The van der Waals surface area contributed by atoms with Crippen molar-refractivity contribution in [3.05, 3.63) is 71.2 Å². The number of aromatic nitrogens is 1. The number of pyridine rings is 1. The van der Waals surface area contributed by atoms with Gasteiger partial charge in [-0.25, -0.2) is 0 Å². The fourth-order valence-electron chi connectivity index (χ4n) is 2.99. The Bertz CT molecular complexity index is 657. The van der Waals surface area contributed by atoms with Crippen LogP contribution in [0, 0.1) is 0 Å². The van der Waals surface area contributed by atoms with Crippen molar-refractivity contribution < 1.29 is 4.79 Å². The fourth-order valence-corrected chi connectivity index (χ4v) is 2.99. The molecule has 22 heavy (non-hydrogen) atoms. The molecular formula is C18H22N2O2. The van der Waals surface area contributed by atoms with Gasteiger partial charge < -0.3 is 9.88 Å². The lowest BCUT2D eigenvalue weighted by atomic mass is 9.92. The molecule has 1 amide bonds. The zero-order chi connectivity index (χ0) is 16.1. The van der Waals surface area contributed by atoms with Gasteiger partial charge in [0.15, 0.2) is 0 Å². The smallest absolute Gasteiger partial charge is 0.271 e. The Balaban J connectivity index is 2.40. The van der Waals surface area contributed by atoms with Crippen molar-refractivity contribution in [1.29, 1.82) is 0 Å². The highest BCUT2D eigenvalue weighted by Crippen LogP contribution is 2.28. The van der Waals surface area contributed by atoms with Gasteiger partial charge in [0.1, 0.15) is 5.69 Å². The lowest BCUT2D eigenvalue weighted by Gasteiger charge is -2.40. The summed E-state index contributed by atoms with van der Waals surface area (Å²) in [5, 5.41) is 0. The summed E-state index contributed by atoms with van der Waals surface area (Å²) in [4.78, 5) is 28.8. The predicted molar refractivity (Wildman–Crippen MR) is 88.8 cm³/mol. The quantitative estimate of drug-likeness (QED) is 0.849. The van der Waals surface area contributed by atoms with Crippen LogP contribution in [0.3, 0.4) is 0 Å². The van der Waals surface area contributed by atoms with Crippen LogP contribution in [0.15, 0.2) is 60.0 Å². The van der Waals surface area contributed by atoms with Gasteiger partial charge in [-0.1, -0.05) is 29.9 Å². The average molecular weight is 298 g/mol. The van der Waals surface area contributed by atoms with Crippen molar-refractivity contribution in [2.75, 3.05) is 0 Å². The van der Waals surface area contributed by atoms with Gasteiger partial charge in [0.25, 0.3) is 5.91 Å². The summed E-state index contributed by atoms with van der Waals surface area (Å²) in [5.41, 5.74) is 1.32. The highest BCUT2D eigenvalue weighted by atomic mass is 16.2. The van der Waals surface area contributed by atoms with E-state index in [0.717, 1.165) is 12.8 Å². The Kier molecular flexibility index (Phi) is 5.15. The van der Waals surface area contributed by atoms with E-state index < -0.39 is 0 Å². The van der Waals surface area contributed by atoms with Gasteiger partial charge >= 0.3 is 0 Å². The van der Waals surface area contributed by atoms with Crippen LogP contribution in [0.25, 0.3) is 0 Å². The second-order valence-corrected chi connectivity index (χ2v) is 5.63. The van der Waals surface area contributed by atoms with Gasteiger partial charge in [0, 0.05) is 12.1 Å². The first-order valence-corrected chi connectivity index (χ1v) is 7.48. The van der Waals surface area contributed by atoms with Crippen LogP contribution in [-0.2, 0) is 0 Å². The van der Waals surface area contributed by atoms with Crippen molar-refractivity contribution in [3.63, 3.8) is 0 Å². The van der Waals surface area contributed by atoms with Gasteiger partial charge in [0.05, 0.1) is 6.04 Å². The van der Waals surface area contributed by atoms with E-state index in [4.69, 9.17) is 0 Å². The molecule has 0 fully saturated rings. The number of hydrogen-bond acceptors (Lipinski definition) is 2. The molecule has 2 heterocycles. The lowest BCUT2D eigenvalue weighted by Crippen LogP contribution is -2.49. The van der Waals surface area contributed by atoms with Gasteiger partial charge in [-0.05, 0) is 32.3 Å². The van der Waals surface area contributed by atoms with E-state index in [9.17, 15) is 9.59 Å². The van der Waals surface area contributed by atoms with Crippen molar-refractivity contribution >= 4 is 5.91 Å². The first-order chi connectivity index (χ1) is 10.6. The molecule has 0 saturated heterocycles. The minimum absolute atomic E-state index is 0.0348. The van der Waals surface area contributed by atoms with Crippen LogP contribution in [0.5, 0.6) is 0 Å². The van der Waals surface area contributed by atoms with Gasteiger partial charge in [-0.15, -0.1) is 13.2 Å². The number of rotatable bonds is 5. The third-order valence-corrected chi connectivity index (χ3v) is 3.87. The van der Waals surface area contributed by atoms with Crippen LogP contribution in [0.2, 0.25) is 0 Å². The molecule has 2 rings (SSSR count). The minimum atomic E-state index is -0.268. The summed E-state index contributed by atoms with van der Waals surface area (Å²) in [6.07, 6.45) is 8.00. The number of aromatic amines is 1. The van der Waals surface area contributed by atoms with E-state index in [0.29, 0.717) is 12.1 Å². The Hall–Kier alpha value is -2.36. The molecule has 1 aliphatic rings. The topological polar surface area (TPSA) is 53.2 Å². The summed E-state index contributed by atoms with van der Waals surface area (Å²) in [6, 6.07) is 4.67. The molecule has 2 atom stereocenters. The van der Waals surface area contributed by atoms with E-state index in [1.54, 1.807) is 12.1 Å². The number of hydrogen-bond donors (Lipinski definition) is 1. The highest BCUT2D eigenvalue weighted by molar-refractivity contribution is 5.93. The molecule has 0 unspecified atom stereocenters. The molecule has 0 saturated carbocycles. The minimum Gasteiger partial charge on any atom is -0.327 e. The molecule has 4 heteroatoms. The molecule has 0 spiro atoms. The number of nitrogens with zero attached hydrogens (tertiary/aromatic N) is 1. The third kappa shape index (κ3) is 3.45. The molecule has 0 radical (unpaired) electrons. The largest absolute Gasteiger partial charge is 0.327 e. The van der Waals surface area contributed by atoms with Gasteiger partial charge in [-0.3, -0.25) is 9.59 Å². The first kappa shape index (κ1) is 16.0. The van der Waals surface area contributed by atoms with Crippen molar-refractivity contribution in [1.82, 2.24) is 9.88 Å². The standard InChI is InChI=1S/C18H22N2O2/c1-4-7-14-11-13(3)12-15(8-5-2)20(14)18(22)16-9-6-10-17(21)19-16/h4-6,9-11,14-15H,1-2,7-8,12H2,3H3,(H,19,21)/t14-,15-/m1/s1. The number of carbonyl (C=O) groups is 1. The average Bonchev–Trinajstić information content (AvgIpc) is 2.47. The van der Waals surface area contributed by atoms with Crippen molar-refractivity contribution in [2.24, 2.45) is 0 Å². The maximum atomic E-state index is 12.9. The summed E-state index contributed by atoms with van der Waals surface area (Å²) in [7, 11) is 0. The summed E-state index contributed by atoms with van der Waals surface area (Å²) in [6.45, 7) is 9.66. The van der Waals surface area contributed by atoms with Crippen LogP contribution >= 0.6 is 0 Å². The normalized spacial score (nSPS) is 21.1. The molecule has 1 aromatic heterocycles. The molecular weight excluding hydrogens is 276 g/mol. The van der Waals surface area contributed by atoms with Crippen LogP contribution in [0.1, 0.15) is 36.7 Å².